The minimum absolute atomic E-state index is 0.256. The molecular weight excluding hydrogens is 364 g/mol. The molecule has 0 saturated heterocycles. The Kier molecular flexibility index (Phi) is 6.92. The van der Waals surface area contributed by atoms with E-state index in [0.29, 0.717) is 0 Å². The minimum atomic E-state index is 0.256. The van der Waals surface area contributed by atoms with Gasteiger partial charge in [-0.2, -0.15) is 0 Å². The van der Waals surface area contributed by atoms with Gasteiger partial charge in [0.1, 0.15) is 0 Å². The van der Waals surface area contributed by atoms with E-state index in [4.69, 9.17) is 0 Å². The summed E-state index contributed by atoms with van der Waals surface area (Å²) in [4.78, 5) is 2.23. The molecule has 1 aromatic heterocycles. The molecule has 0 amide bonds. The van der Waals surface area contributed by atoms with Crippen molar-refractivity contribution >= 4 is 11.8 Å². The molecule has 0 radical (unpaired) electrons. The van der Waals surface area contributed by atoms with Gasteiger partial charge in [0.15, 0.2) is 11.0 Å². The molecule has 0 N–H and O–H groups in total. The lowest BCUT2D eigenvalue weighted by molar-refractivity contribution is 0.272. The highest BCUT2D eigenvalue weighted by Crippen LogP contribution is 2.28. The summed E-state index contributed by atoms with van der Waals surface area (Å²) >= 11 is 1.77. The van der Waals surface area contributed by atoms with Gasteiger partial charge in [-0.05, 0) is 45.5 Å². The Labute approximate surface area is 173 Å². The second kappa shape index (κ2) is 9.39. The summed E-state index contributed by atoms with van der Waals surface area (Å²) in [6.07, 6.45) is 1.00. The third kappa shape index (κ3) is 5.03. The van der Waals surface area contributed by atoms with Gasteiger partial charge in [-0.15, -0.1) is 10.2 Å². The van der Waals surface area contributed by atoms with Gasteiger partial charge >= 0.3 is 0 Å². The number of hydrogen-bond acceptors (Lipinski definition) is 4. The van der Waals surface area contributed by atoms with Crippen LogP contribution in [0.3, 0.4) is 0 Å². The lowest BCUT2D eigenvalue weighted by atomic mass is 10.1. The quantitative estimate of drug-likeness (QED) is 0.489. The van der Waals surface area contributed by atoms with Crippen LogP contribution < -0.4 is 0 Å². The molecule has 1 unspecified atom stereocenters. The van der Waals surface area contributed by atoms with Gasteiger partial charge in [0, 0.05) is 5.75 Å². The number of aryl methyl sites for hydroxylation is 2. The fourth-order valence-electron chi connectivity index (χ4n) is 3.65. The molecule has 0 saturated carbocycles. The second-order valence-electron chi connectivity index (χ2n) is 7.58. The average Bonchev–Trinajstić information content (AvgIpc) is 3.03. The molecule has 148 valence electrons. The van der Waals surface area contributed by atoms with Gasteiger partial charge in [-0.1, -0.05) is 78.3 Å². The summed E-state index contributed by atoms with van der Waals surface area (Å²) in [5.74, 6) is 1.94. The molecular formula is C23H30N4S. The number of hydrogen-bond donors (Lipinski definition) is 0. The van der Waals surface area contributed by atoms with E-state index < -0.39 is 0 Å². The SMILES string of the molecule is CCC(c1nnc(SCc2cc(C)cc(C)c2)n1Cc1ccccc1)N(C)C. The minimum Gasteiger partial charge on any atom is -0.300 e. The van der Waals surface area contributed by atoms with Gasteiger partial charge in [0.05, 0.1) is 12.6 Å². The average molecular weight is 395 g/mol. The summed E-state index contributed by atoms with van der Waals surface area (Å²) in [5.41, 5.74) is 5.21. The fraction of sp³-hybridized carbons (Fsp3) is 0.391. The standard InChI is InChI=1S/C23H30N4S/c1-6-21(26(4)5)22-24-25-23(27(22)15-19-10-8-7-9-11-19)28-16-20-13-17(2)12-18(3)14-20/h7-14,21H,6,15-16H2,1-5H3. The van der Waals surface area contributed by atoms with E-state index in [2.05, 4.69) is 103 Å². The highest BCUT2D eigenvalue weighted by molar-refractivity contribution is 7.98. The van der Waals surface area contributed by atoms with Gasteiger partial charge in [0.25, 0.3) is 0 Å². The number of aromatic nitrogens is 3. The maximum atomic E-state index is 4.60. The summed E-state index contributed by atoms with van der Waals surface area (Å²) in [6, 6.07) is 17.6. The van der Waals surface area contributed by atoms with Crippen molar-refractivity contribution in [2.24, 2.45) is 0 Å². The Balaban J connectivity index is 1.90. The van der Waals surface area contributed by atoms with E-state index in [1.54, 1.807) is 11.8 Å². The van der Waals surface area contributed by atoms with Crippen LogP contribution in [0.4, 0.5) is 0 Å². The van der Waals surface area contributed by atoms with Crippen LogP contribution in [0.25, 0.3) is 0 Å². The first-order valence-corrected chi connectivity index (χ1v) is 10.8. The van der Waals surface area contributed by atoms with Crippen molar-refractivity contribution in [3.05, 3.63) is 76.6 Å². The van der Waals surface area contributed by atoms with Crippen LogP contribution in [0.5, 0.6) is 0 Å². The Morgan fingerprint density at radius 3 is 2.25 bits per heavy atom. The van der Waals surface area contributed by atoms with Gasteiger partial charge in [-0.3, -0.25) is 4.90 Å². The lowest BCUT2D eigenvalue weighted by Gasteiger charge is -2.23. The van der Waals surface area contributed by atoms with E-state index in [-0.39, 0.29) is 6.04 Å². The fourth-order valence-corrected chi connectivity index (χ4v) is 4.52. The molecule has 1 atom stereocenters. The molecule has 5 heteroatoms. The van der Waals surface area contributed by atoms with Crippen LogP contribution in [-0.2, 0) is 12.3 Å². The predicted molar refractivity (Wildman–Crippen MR) is 118 cm³/mol. The molecule has 3 rings (SSSR count). The summed E-state index contributed by atoms with van der Waals surface area (Å²) in [7, 11) is 4.22. The van der Waals surface area contributed by atoms with Crippen LogP contribution in [0.1, 0.15) is 47.5 Å². The Hall–Kier alpha value is -2.11. The number of rotatable bonds is 8. The Morgan fingerprint density at radius 2 is 1.64 bits per heavy atom. The van der Waals surface area contributed by atoms with E-state index in [9.17, 15) is 0 Å². The van der Waals surface area contributed by atoms with Crippen molar-refractivity contribution in [2.75, 3.05) is 14.1 Å². The number of thioether (sulfide) groups is 1. The van der Waals surface area contributed by atoms with Crippen molar-refractivity contribution in [2.45, 2.75) is 50.7 Å². The topological polar surface area (TPSA) is 34.0 Å². The van der Waals surface area contributed by atoms with Crippen molar-refractivity contribution < 1.29 is 0 Å². The van der Waals surface area contributed by atoms with Crippen LogP contribution in [0.15, 0.2) is 53.7 Å². The zero-order chi connectivity index (χ0) is 20.1. The smallest absolute Gasteiger partial charge is 0.191 e. The maximum absolute atomic E-state index is 4.60. The molecule has 0 bridgehead atoms. The normalized spacial score (nSPS) is 12.5. The van der Waals surface area contributed by atoms with E-state index in [1.165, 1.54) is 22.3 Å². The summed E-state index contributed by atoms with van der Waals surface area (Å²) < 4.78 is 2.29. The lowest BCUT2D eigenvalue weighted by Crippen LogP contribution is -2.23. The van der Waals surface area contributed by atoms with E-state index >= 15 is 0 Å². The third-order valence-electron chi connectivity index (χ3n) is 4.89. The van der Waals surface area contributed by atoms with Crippen LogP contribution >= 0.6 is 11.8 Å². The largest absolute Gasteiger partial charge is 0.300 e. The first kappa shape index (κ1) is 20.6. The highest BCUT2D eigenvalue weighted by atomic mass is 32.2. The number of benzene rings is 2. The highest BCUT2D eigenvalue weighted by Gasteiger charge is 2.22. The van der Waals surface area contributed by atoms with Gasteiger partial charge in [-0.25, -0.2) is 0 Å². The maximum Gasteiger partial charge on any atom is 0.191 e. The zero-order valence-electron chi connectivity index (χ0n) is 17.5. The predicted octanol–water partition coefficient (Wildman–Crippen LogP) is 5.25. The third-order valence-corrected chi connectivity index (χ3v) is 5.92. The van der Waals surface area contributed by atoms with Crippen molar-refractivity contribution in [1.29, 1.82) is 0 Å². The van der Waals surface area contributed by atoms with E-state index in [0.717, 1.165) is 29.7 Å². The van der Waals surface area contributed by atoms with Crippen molar-refractivity contribution in [3.8, 4) is 0 Å². The Bertz CT molecular complexity index is 882. The molecule has 3 aromatic rings. The summed E-state index contributed by atoms with van der Waals surface area (Å²) in [5, 5.41) is 10.2. The summed E-state index contributed by atoms with van der Waals surface area (Å²) in [6.45, 7) is 7.30. The van der Waals surface area contributed by atoms with Crippen molar-refractivity contribution in [1.82, 2.24) is 19.7 Å². The zero-order valence-corrected chi connectivity index (χ0v) is 18.3. The molecule has 2 aromatic carbocycles. The van der Waals surface area contributed by atoms with Crippen LogP contribution in [0.2, 0.25) is 0 Å². The monoisotopic (exact) mass is 394 g/mol. The second-order valence-corrected chi connectivity index (χ2v) is 8.53. The van der Waals surface area contributed by atoms with Gasteiger partial charge < -0.3 is 4.57 Å². The molecule has 0 spiro atoms. The Morgan fingerprint density at radius 1 is 0.964 bits per heavy atom. The number of nitrogens with zero attached hydrogens (tertiary/aromatic N) is 4. The van der Waals surface area contributed by atoms with Gasteiger partial charge in [0.2, 0.25) is 0 Å². The van der Waals surface area contributed by atoms with Crippen molar-refractivity contribution in [3.63, 3.8) is 0 Å². The molecule has 1 heterocycles. The molecule has 4 nitrogen and oxygen atoms in total. The molecule has 0 aliphatic carbocycles. The van der Waals surface area contributed by atoms with Crippen LogP contribution in [0, 0.1) is 13.8 Å². The van der Waals surface area contributed by atoms with Crippen LogP contribution in [-0.4, -0.2) is 33.8 Å². The molecule has 0 fully saturated rings. The van der Waals surface area contributed by atoms with E-state index in [1.807, 2.05) is 0 Å². The molecule has 0 aliphatic heterocycles. The first-order valence-electron chi connectivity index (χ1n) is 9.81. The first-order chi connectivity index (χ1) is 13.5. The molecule has 0 aliphatic rings. The molecule has 28 heavy (non-hydrogen) atoms.